The zero-order valence-electron chi connectivity index (χ0n) is 8.92. The lowest BCUT2D eigenvalue weighted by molar-refractivity contribution is -0.112. The van der Waals surface area contributed by atoms with E-state index in [1.54, 1.807) is 24.5 Å². The standard InChI is InChI=1S/C12H14N2O/c1-11(15)8-9-14(2)13-10-12-6-4-3-5-7-12/h3-10H,1-2H3. The number of rotatable bonds is 4. The van der Waals surface area contributed by atoms with Gasteiger partial charge in [-0.05, 0) is 18.6 Å². The van der Waals surface area contributed by atoms with E-state index < -0.39 is 0 Å². The Morgan fingerprint density at radius 3 is 2.60 bits per heavy atom. The first kappa shape index (κ1) is 11.2. The Labute approximate surface area is 89.7 Å². The van der Waals surface area contributed by atoms with Crippen LogP contribution in [0.2, 0.25) is 0 Å². The molecule has 0 fully saturated rings. The van der Waals surface area contributed by atoms with E-state index in [4.69, 9.17) is 0 Å². The number of hydrogen-bond acceptors (Lipinski definition) is 3. The molecule has 0 radical (unpaired) electrons. The summed E-state index contributed by atoms with van der Waals surface area (Å²) in [5.41, 5.74) is 1.03. The van der Waals surface area contributed by atoms with Crippen LogP contribution >= 0.6 is 0 Å². The van der Waals surface area contributed by atoms with Crippen molar-refractivity contribution in [3.63, 3.8) is 0 Å². The lowest BCUT2D eigenvalue weighted by Crippen LogP contribution is -2.02. The topological polar surface area (TPSA) is 32.7 Å². The van der Waals surface area contributed by atoms with Crippen molar-refractivity contribution in [2.45, 2.75) is 6.92 Å². The molecule has 0 spiro atoms. The van der Waals surface area contributed by atoms with Crippen molar-refractivity contribution in [2.24, 2.45) is 5.10 Å². The Balaban J connectivity index is 2.55. The second kappa shape index (κ2) is 5.75. The van der Waals surface area contributed by atoms with Crippen LogP contribution in [-0.4, -0.2) is 24.1 Å². The third kappa shape index (κ3) is 4.76. The van der Waals surface area contributed by atoms with Gasteiger partial charge in [0.15, 0.2) is 5.78 Å². The van der Waals surface area contributed by atoms with E-state index in [1.165, 1.54) is 13.0 Å². The highest BCUT2D eigenvalue weighted by Crippen LogP contribution is 1.95. The highest BCUT2D eigenvalue weighted by atomic mass is 16.1. The van der Waals surface area contributed by atoms with Crippen molar-refractivity contribution in [2.75, 3.05) is 7.05 Å². The van der Waals surface area contributed by atoms with E-state index in [-0.39, 0.29) is 5.78 Å². The Hall–Kier alpha value is -1.90. The number of carbonyl (C=O) groups excluding carboxylic acids is 1. The molecule has 0 unspecified atom stereocenters. The number of hydrogen-bond donors (Lipinski definition) is 0. The molecule has 0 N–H and O–H groups in total. The Morgan fingerprint density at radius 1 is 1.33 bits per heavy atom. The zero-order valence-corrected chi connectivity index (χ0v) is 8.92. The second-order valence-electron chi connectivity index (χ2n) is 3.16. The maximum absolute atomic E-state index is 10.7. The predicted molar refractivity (Wildman–Crippen MR) is 61.6 cm³/mol. The van der Waals surface area contributed by atoms with Crippen LogP contribution in [0.4, 0.5) is 0 Å². The maximum atomic E-state index is 10.7. The number of benzene rings is 1. The largest absolute Gasteiger partial charge is 0.295 e. The van der Waals surface area contributed by atoms with Crippen molar-refractivity contribution in [3.8, 4) is 0 Å². The summed E-state index contributed by atoms with van der Waals surface area (Å²) in [6.07, 6.45) is 4.84. The van der Waals surface area contributed by atoms with Gasteiger partial charge in [-0.2, -0.15) is 5.10 Å². The molecule has 1 rings (SSSR count). The molecule has 0 aliphatic carbocycles. The minimum Gasteiger partial charge on any atom is -0.295 e. The summed E-state index contributed by atoms with van der Waals surface area (Å²) in [7, 11) is 1.78. The molecule has 1 aromatic rings. The van der Waals surface area contributed by atoms with Crippen LogP contribution in [0.15, 0.2) is 47.7 Å². The molecule has 0 amide bonds. The highest BCUT2D eigenvalue weighted by molar-refractivity contribution is 5.87. The van der Waals surface area contributed by atoms with E-state index in [9.17, 15) is 4.79 Å². The molecule has 0 bridgehead atoms. The van der Waals surface area contributed by atoms with Crippen LogP contribution in [0, 0.1) is 0 Å². The summed E-state index contributed by atoms with van der Waals surface area (Å²) in [4.78, 5) is 10.7. The third-order valence-corrected chi connectivity index (χ3v) is 1.71. The molecule has 78 valence electrons. The third-order valence-electron chi connectivity index (χ3n) is 1.71. The Morgan fingerprint density at radius 2 is 2.00 bits per heavy atom. The van der Waals surface area contributed by atoms with E-state index in [2.05, 4.69) is 5.10 Å². The van der Waals surface area contributed by atoms with Gasteiger partial charge in [0.2, 0.25) is 0 Å². The molecular formula is C12H14N2O. The molecule has 3 heteroatoms. The quantitative estimate of drug-likeness (QED) is 0.425. The van der Waals surface area contributed by atoms with E-state index in [0.717, 1.165) is 5.56 Å². The van der Waals surface area contributed by atoms with Gasteiger partial charge in [0.1, 0.15) is 0 Å². The summed E-state index contributed by atoms with van der Waals surface area (Å²) >= 11 is 0. The smallest absolute Gasteiger partial charge is 0.154 e. The molecule has 0 saturated heterocycles. The van der Waals surface area contributed by atoms with E-state index in [1.807, 2.05) is 30.3 Å². The lowest BCUT2D eigenvalue weighted by Gasteiger charge is -2.04. The van der Waals surface area contributed by atoms with Crippen molar-refractivity contribution >= 4 is 12.0 Å². The van der Waals surface area contributed by atoms with Crippen molar-refractivity contribution in [1.29, 1.82) is 0 Å². The van der Waals surface area contributed by atoms with Crippen LogP contribution in [0.5, 0.6) is 0 Å². The number of carbonyl (C=O) groups is 1. The maximum Gasteiger partial charge on any atom is 0.154 e. The first-order valence-corrected chi connectivity index (χ1v) is 4.69. The van der Waals surface area contributed by atoms with Gasteiger partial charge < -0.3 is 0 Å². The molecule has 1 aromatic carbocycles. The number of ketones is 1. The van der Waals surface area contributed by atoms with Crippen LogP contribution < -0.4 is 0 Å². The molecule has 15 heavy (non-hydrogen) atoms. The molecular weight excluding hydrogens is 188 g/mol. The van der Waals surface area contributed by atoms with Gasteiger partial charge in [-0.1, -0.05) is 30.3 Å². The minimum absolute atomic E-state index is 0.0109. The van der Waals surface area contributed by atoms with Crippen molar-refractivity contribution in [3.05, 3.63) is 48.2 Å². The van der Waals surface area contributed by atoms with Gasteiger partial charge in [-0.25, -0.2) is 0 Å². The predicted octanol–water partition coefficient (Wildman–Crippen LogP) is 2.05. The summed E-state index contributed by atoms with van der Waals surface area (Å²) in [5.74, 6) is 0.0109. The lowest BCUT2D eigenvalue weighted by atomic mass is 10.2. The Bertz CT molecular complexity index is 368. The molecule has 3 nitrogen and oxygen atoms in total. The number of nitrogens with zero attached hydrogens (tertiary/aromatic N) is 2. The molecule has 0 aliphatic heterocycles. The fourth-order valence-electron chi connectivity index (χ4n) is 0.948. The Kier molecular flexibility index (Phi) is 4.29. The molecule has 0 aliphatic rings. The number of allylic oxidation sites excluding steroid dienone is 1. The fraction of sp³-hybridized carbons (Fsp3) is 0.167. The average molecular weight is 202 g/mol. The van der Waals surface area contributed by atoms with Crippen molar-refractivity contribution in [1.82, 2.24) is 5.01 Å². The van der Waals surface area contributed by atoms with Gasteiger partial charge in [-0.3, -0.25) is 9.80 Å². The van der Waals surface area contributed by atoms with Crippen LogP contribution in [0.1, 0.15) is 12.5 Å². The normalized spacial score (nSPS) is 11.1. The minimum atomic E-state index is 0.0109. The second-order valence-corrected chi connectivity index (χ2v) is 3.16. The summed E-state index contributed by atoms with van der Waals surface area (Å²) in [6, 6.07) is 9.79. The highest BCUT2D eigenvalue weighted by Gasteiger charge is 1.87. The zero-order chi connectivity index (χ0) is 11.1. The molecule has 0 heterocycles. The van der Waals surface area contributed by atoms with Crippen LogP contribution in [-0.2, 0) is 4.79 Å². The van der Waals surface area contributed by atoms with Gasteiger partial charge in [0.25, 0.3) is 0 Å². The first-order chi connectivity index (χ1) is 7.18. The van der Waals surface area contributed by atoms with Crippen LogP contribution in [0.3, 0.4) is 0 Å². The first-order valence-electron chi connectivity index (χ1n) is 4.69. The van der Waals surface area contributed by atoms with Crippen molar-refractivity contribution < 1.29 is 4.79 Å². The fourth-order valence-corrected chi connectivity index (χ4v) is 0.948. The van der Waals surface area contributed by atoms with E-state index in [0.29, 0.717) is 0 Å². The molecule has 0 saturated carbocycles. The van der Waals surface area contributed by atoms with Gasteiger partial charge >= 0.3 is 0 Å². The monoisotopic (exact) mass is 202 g/mol. The summed E-state index contributed by atoms with van der Waals surface area (Å²) < 4.78 is 0. The average Bonchev–Trinajstić information content (AvgIpc) is 2.25. The van der Waals surface area contributed by atoms with E-state index >= 15 is 0 Å². The molecule has 0 atom stereocenters. The molecule has 0 aromatic heterocycles. The summed E-state index contributed by atoms with van der Waals surface area (Å²) in [5, 5.41) is 5.73. The van der Waals surface area contributed by atoms with Gasteiger partial charge in [0, 0.05) is 13.2 Å². The SMILES string of the molecule is CC(=O)C=CN(C)N=Cc1ccccc1. The van der Waals surface area contributed by atoms with Gasteiger partial charge in [-0.15, -0.1) is 0 Å². The number of hydrazone groups is 1. The van der Waals surface area contributed by atoms with Crippen LogP contribution in [0.25, 0.3) is 0 Å². The summed E-state index contributed by atoms with van der Waals surface area (Å²) in [6.45, 7) is 1.51. The van der Waals surface area contributed by atoms with Gasteiger partial charge in [0.05, 0.1) is 6.21 Å².